The van der Waals surface area contributed by atoms with Crippen LogP contribution in [0.4, 0.5) is 8.78 Å². The standard InChI is InChI=1S/C10H15F2NO2/c1-6(7-2-3-7)13-5-8-4-10(11,12)9(14)15-8/h6-8,13H,2-5H2,1H3. The predicted octanol–water partition coefficient (Wildman–Crippen LogP) is 1.33. The Morgan fingerprint density at radius 2 is 2.27 bits per heavy atom. The van der Waals surface area contributed by atoms with E-state index in [1.165, 1.54) is 12.8 Å². The Morgan fingerprint density at radius 1 is 1.60 bits per heavy atom. The average Bonchev–Trinajstić information content (AvgIpc) is 2.92. The minimum atomic E-state index is -3.28. The molecule has 2 aliphatic rings. The van der Waals surface area contributed by atoms with Gasteiger partial charge in [0.1, 0.15) is 6.10 Å². The highest BCUT2D eigenvalue weighted by molar-refractivity contribution is 5.79. The van der Waals surface area contributed by atoms with E-state index in [4.69, 9.17) is 0 Å². The fraction of sp³-hybridized carbons (Fsp3) is 0.900. The summed E-state index contributed by atoms with van der Waals surface area (Å²) in [7, 11) is 0. The average molecular weight is 219 g/mol. The molecule has 1 aliphatic carbocycles. The van der Waals surface area contributed by atoms with Crippen molar-refractivity contribution in [2.75, 3.05) is 6.54 Å². The third-order valence-electron chi connectivity index (χ3n) is 3.05. The topological polar surface area (TPSA) is 38.3 Å². The highest BCUT2D eigenvalue weighted by Crippen LogP contribution is 2.33. The lowest BCUT2D eigenvalue weighted by Gasteiger charge is -2.15. The Kier molecular flexibility index (Phi) is 2.66. The first-order chi connectivity index (χ1) is 6.99. The summed E-state index contributed by atoms with van der Waals surface area (Å²) in [5.41, 5.74) is 0. The normalized spacial score (nSPS) is 31.4. The summed E-state index contributed by atoms with van der Waals surface area (Å²) in [6.45, 7) is 2.37. The van der Waals surface area contributed by atoms with Gasteiger partial charge in [-0.3, -0.25) is 0 Å². The van der Waals surface area contributed by atoms with Crippen molar-refractivity contribution in [2.45, 2.75) is 44.3 Å². The Bertz CT molecular complexity index is 266. The molecule has 2 rings (SSSR count). The quantitative estimate of drug-likeness (QED) is 0.725. The molecule has 2 unspecified atom stereocenters. The van der Waals surface area contributed by atoms with Crippen LogP contribution in [0.5, 0.6) is 0 Å². The van der Waals surface area contributed by atoms with Gasteiger partial charge in [0.2, 0.25) is 0 Å². The van der Waals surface area contributed by atoms with Gasteiger partial charge in [-0.1, -0.05) is 0 Å². The highest BCUT2D eigenvalue weighted by Gasteiger charge is 2.50. The smallest absolute Gasteiger partial charge is 0.377 e. The van der Waals surface area contributed by atoms with E-state index in [1.807, 2.05) is 6.92 Å². The van der Waals surface area contributed by atoms with Crippen LogP contribution < -0.4 is 5.32 Å². The summed E-state index contributed by atoms with van der Waals surface area (Å²) in [5.74, 6) is -3.99. The van der Waals surface area contributed by atoms with Crippen LogP contribution in [-0.4, -0.2) is 30.6 Å². The first-order valence-electron chi connectivity index (χ1n) is 5.31. The number of ether oxygens (including phenoxy) is 1. The van der Waals surface area contributed by atoms with Gasteiger partial charge >= 0.3 is 11.9 Å². The van der Waals surface area contributed by atoms with Crippen LogP contribution in [0.15, 0.2) is 0 Å². The van der Waals surface area contributed by atoms with Crippen molar-refractivity contribution in [3.8, 4) is 0 Å². The number of cyclic esters (lactones) is 1. The second-order valence-corrected chi connectivity index (χ2v) is 4.47. The molecular formula is C10H15F2NO2. The molecule has 0 spiro atoms. The number of halogens is 2. The van der Waals surface area contributed by atoms with Gasteiger partial charge in [-0.25, -0.2) is 4.79 Å². The molecular weight excluding hydrogens is 204 g/mol. The van der Waals surface area contributed by atoms with E-state index in [9.17, 15) is 13.6 Å². The number of hydrogen-bond acceptors (Lipinski definition) is 3. The van der Waals surface area contributed by atoms with Crippen molar-refractivity contribution in [3.05, 3.63) is 0 Å². The van der Waals surface area contributed by atoms with E-state index < -0.39 is 24.4 Å². The van der Waals surface area contributed by atoms with Gasteiger partial charge in [0, 0.05) is 12.6 Å². The maximum atomic E-state index is 12.8. The SMILES string of the molecule is CC(NCC1CC(F)(F)C(=O)O1)C1CC1. The van der Waals surface area contributed by atoms with E-state index >= 15 is 0 Å². The molecule has 3 nitrogen and oxygen atoms in total. The molecule has 1 saturated carbocycles. The van der Waals surface area contributed by atoms with Gasteiger partial charge in [0.15, 0.2) is 0 Å². The Labute approximate surface area is 87.2 Å². The van der Waals surface area contributed by atoms with Crippen LogP contribution in [0, 0.1) is 5.92 Å². The molecule has 5 heteroatoms. The minimum absolute atomic E-state index is 0.331. The molecule has 0 bridgehead atoms. The van der Waals surface area contributed by atoms with Gasteiger partial charge in [-0.05, 0) is 25.7 Å². The minimum Gasteiger partial charge on any atom is -0.456 e. The lowest BCUT2D eigenvalue weighted by molar-refractivity contribution is -0.159. The Balaban J connectivity index is 1.74. The number of carbonyl (C=O) groups excluding carboxylic acids is 1. The fourth-order valence-corrected chi connectivity index (χ4v) is 1.84. The Hall–Kier alpha value is -0.710. The maximum absolute atomic E-state index is 12.8. The van der Waals surface area contributed by atoms with Crippen molar-refractivity contribution in [1.29, 1.82) is 0 Å². The van der Waals surface area contributed by atoms with Crippen LogP contribution in [-0.2, 0) is 9.53 Å². The number of carbonyl (C=O) groups is 1. The zero-order valence-electron chi connectivity index (χ0n) is 8.63. The largest absolute Gasteiger partial charge is 0.456 e. The maximum Gasteiger partial charge on any atom is 0.377 e. The summed E-state index contributed by atoms with van der Waals surface area (Å²) in [6, 6.07) is 0.331. The van der Waals surface area contributed by atoms with Crippen molar-refractivity contribution in [2.24, 2.45) is 5.92 Å². The lowest BCUT2D eigenvalue weighted by Crippen LogP contribution is -2.35. The molecule has 1 heterocycles. The zero-order valence-corrected chi connectivity index (χ0v) is 8.63. The molecule has 0 radical (unpaired) electrons. The first-order valence-corrected chi connectivity index (χ1v) is 5.31. The summed E-state index contributed by atoms with van der Waals surface area (Å²) in [5, 5.41) is 3.13. The van der Waals surface area contributed by atoms with E-state index in [-0.39, 0.29) is 0 Å². The zero-order chi connectivity index (χ0) is 11.1. The van der Waals surface area contributed by atoms with Crippen LogP contribution in [0.3, 0.4) is 0 Å². The predicted molar refractivity (Wildman–Crippen MR) is 49.6 cm³/mol. The molecule has 0 aromatic carbocycles. The summed E-state index contributed by atoms with van der Waals surface area (Å²) in [6.07, 6.45) is 1.24. The molecule has 86 valence electrons. The summed E-state index contributed by atoms with van der Waals surface area (Å²) in [4.78, 5) is 10.7. The Morgan fingerprint density at radius 3 is 2.73 bits per heavy atom. The molecule has 15 heavy (non-hydrogen) atoms. The van der Waals surface area contributed by atoms with Gasteiger partial charge in [0.05, 0.1) is 6.42 Å². The highest BCUT2D eigenvalue weighted by atomic mass is 19.3. The van der Waals surface area contributed by atoms with Crippen LogP contribution in [0.25, 0.3) is 0 Å². The molecule has 2 atom stereocenters. The molecule has 0 amide bonds. The van der Waals surface area contributed by atoms with Gasteiger partial charge in [-0.2, -0.15) is 8.78 Å². The van der Waals surface area contributed by atoms with Gasteiger partial charge < -0.3 is 10.1 Å². The first kappa shape index (κ1) is 10.8. The summed E-state index contributed by atoms with van der Waals surface area (Å²) >= 11 is 0. The monoisotopic (exact) mass is 219 g/mol. The molecule has 1 aliphatic heterocycles. The second kappa shape index (κ2) is 3.70. The van der Waals surface area contributed by atoms with E-state index in [2.05, 4.69) is 10.1 Å². The van der Waals surface area contributed by atoms with Crippen molar-refractivity contribution < 1.29 is 18.3 Å². The molecule has 0 aromatic rings. The van der Waals surface area contributed by atoms with Crippen molar-refractivity contribution >= 4 is 5.97 Å². The number of hydrogen-bond donors (Lipinski definition) is 1. The second-order valence-electron chi connectivity index (χ2n) is 4.47. The summed E-state index contributed by atoms with van der Waals surface area (Å²) < 4.78 is 30.1. The molecule has 1 saturated heterocycles. The molecule has 0 aromatic heterocycles. The molecule has 2 fully saturated rings. The number of nitrogens with one attached hydrogen (secondary N) is 1. The van der Waals surface area contributed by atoms with Crippen LogP contribution in [0.1, 0.15) is 26.2 Å². The van der Waals surface area contributed by atoms with E-state index in [0.29, 0.717) is 18.5 Å². The lowest BCUT2D eigenvalue weighted by atomic mass is 10.1. The fourth-order valence-electron chi connectivity index (χ4n) is 1.84. The third kappa shape index (κ3) is 2.45. The van der Waals surface area contributed by atoms with E-state index in [0.717, 1.165) is 0 Å². The van der Waals surface area contributed by atoms with Crippen molar-refractivity contribution in [3.63, 3.8) is 0 Å². The van der Waals surface area contributed by atoms with Gasteiger partial charge in [-0.15, -0.1) is 0 Å². The van der Waals surface area contributed by atoms with Gasteiger partial charge in [0.25, 0.3) is 0 Å². The van der Waals surface area contributed by atoms with Crippen LogP contribution in [0.2, 0.25) is 0 Å². The number of esters is 1. The number of alkyl halides is 2. The molecule has 1 N–H and O–H groups in total. The van der Waals surface area contributed by atoms with Crippen molar-refractivity contribution in [1.82, 2.24) is 5.32 Å². The van der Waals surface area contributed by atoms with E-state index in [1.54, 1.807) is 0 Å². The van der Waals surface area contributed by atoms with Crippen LogP contribution >= 0.6 is 0 Å². The third-order valence-corrected chi connectivity index (χ3v) is 3.05. The number of rotatable bonds is 4.